The van der Waals surface area contributed by atoms with Gasteiger partial charge in [0.2, 0.25) is 0 Å². The molecule has 11 heteroatoms. The highest BCUT2D eigenvalue weighted by molar-refractivity contribution is 8.00. The van der Waals surface area contributed by atoms with Gasteiger partial charge in [0, 0.05) is 9.79 Å². The summed E-state index contributed by atoms with van der Waals surface area (Å²) in [6, 6.07) is 10.1. The maximum absolute atomic E-state index is 12.4. The Morgan fingerprint density at radius 2 is 1.07 bits per heavy atom. The number of sulfone groups is 1. The molecule has 0 aliphatic heterocycles. The van der Waals surface area contributed by atoms with Crippen molar-refractivity contribution in [2.24, 2.45) is 0 Å². The fourth-order valence-electron chi connectivity index (χ4n) is 2.22. The Bertz CT molecular complexity index is 824. The van der Waals surface area contributed by atoms with Gasteiger partial charge in [-0.15, -0.1) is 0 Å². The highest BCUT2D eigenvalue weighted by Crippen LogP contribution is 2.38. The molecule has 0 spiro atoms. The van der Waals surface area contributed by atoms with Crippen LogP contribution in [0.1, 0.15) is 11.1 Å². The number of rotatable bonds is 6. The minimum Gasteiger partial charge on any atom is -0.228 e. The second-order valence-electron chi connectivity index (χ2n) is 5.42. The predicted octanol–water partition coefficient (Wildman–Crippen LogP) is 6.03. The summed E-state index contributed by atoms with van der Waals surface area (Å²) in [4.78, 5) is -0.280. The molecule has 2 aromatic rings. The molecule has 0 aromatic heterocycles. The molecule has 0 aliphatic carbocycles. The van der Waals surface area contributed by atoms with E-state index in [-0.39, 0.29) is 44.4 Å². The molecule has 0 heterocycles. The molecule has 27 heavy (non-hydrogen) atoms. The van der Waals surface area contributed by atoms with Gasteiger partial charge >= 0.3 is 11.0 Å². The van der Waals surface area contributed by atoms with E-state index in [1.54, 1.807) is 0 Å². The monoisotopic (exact) mass is 446 g/mol. The molecular formula is C16H12F6O2S3. The Balaban J connectivity index is 2.12. The van der Waals surface area contributed by atoms with Gasteiger partial charge in [-0.3, -0.25) is 0 Å². The zero-order valence-electron chi connectivity index (χ0n) is 13.3. The Labute approximate surface area is 160 Å². The molecule has 0 radical (unpaired) electrons. The largest absolute Gasteiger partial charge is 0.446 e. The van der Waals surface area contributed by atoms with Crippen LogP contribution < -0.4 is 0 Å². The molecule has 0 aliphatic rings. The predicted molar refractivity (Wildman–Crippen MR) is 93.0 cm³/mol. The summed E-state index contributed by atoms with van der Waals surface area (Å²) in [6.45, 7) is 0. The van der Waals surface area contributed by atoms with Crippen LogP contribution in [0.2, 0.25) is 0 Å². The zero-order valence-corrected chi connectivity index (χ0v) is 15.8. The minimum absolute atomic E-state index is 0.140. The second kappa shape index (κ2) is 8.36. The van der Waals surface area contributed by atoms with Gasteiger partial charge < -0.3 is 0 Å². The maximum Gasteiger partial charge on any atom is 0.446 e. The van der Waals surface area contributed by atoms with Gasteiger partial charge in [0.15, 0.2) is 9.84 Å². The second-order valence-corrected chi connectivity index (χ2v) is 9.76. The highest BCUT2D eigenvalue weighted by atomic mass is 32.2. The summed E-state index contributed by atoms with van der Waals surface area (Å²) in [5, 5.41) is 0. The normalized spacial score (nSPS) is 13.0. The molecular weight excluding hydrogens is 434 g/mol. The van der Waals surface area contributed by atoms with Gasteiger partial charge in [-0.1, -0.05) is 24.3 Å². The summed E-state index contributed by atoms with van der Waals surface area (Å²) in [6.07, 6.45) is 0. The van der Waals surface area contributed by atoms with Crippen LogP contribution in [0.3, 0.4) is 0 Å². The Hall–Kier alpha value is -1.33. The number of alkyl halides is 6. The summed E-state index contributed by atoms with van der Waals surface area (Å²) >= 11 is -0.704. The van der Waals surface area contributed by atoms with Crippen LogP contribution in [-0.4, -0.2) is 19.4 Å². The van der Waals surface area contributed by atoms with Crippen LogP contribution in [0.15, 0.2) is 58.3 Å². The number of thioether (sulfide) groups is 2. The van der Waals surface area contributed by atoms with Crippen molar-refractivity contribution in [3.63, 3.8) is 0 Å². The SMILES string of the molecule is O=S(=O)(Cc1cccc(SC(F)(F)F)c1)Cc1cccc(SC(F)(F)F)c1. The first kappa shape index (κ1) is 22.0. The lowest BCUT2D eigenvalue weighted by atomic mass is 10.2. The van der Waals surface area contributed by atoms with Crippen molar-refractivity contribution >= 4 is 33.4 Å². The lowest BCUT2D eigenvalue weighted by molar-refractivity contribution is -0.0337. The van der Waals surface area contributed by atoms with Gasteiger partial charge in [-0.25, -0.2) is 8.42 Å². The molecule has 0 unspecified atom stereocenters. The van der Waals surface area contributed by atoms with E-state index in [1.165, 1.54) is 36.4 Å². The van der Waals surface area contributed by atoms with Gasteiger partial charge in [-0.05, 0) is 58.9 Å². The third-order valence-electron chi connectivity index (χ3n) is 3.04. The number of halogens is 6. The molecule has 0 N–H and O–H groups in total. The van der Waals surface area contributed by atoms with Crippen molar-refractivity contribution in [1.29, 1.82) is 0 Å². The zero-order chi connectivity index (χ0) is 20.3. The molecule has 0 saturated heterocycles. The van der Waals surface area contributed by atoms with E-state index in [1.807, 2.05) is 0 Å². The van der Waals surface area contributed by atoms with Crippen molar-refractivity contribution in [2.45, 2.75) is 32.3 Å². The third kappa shape index (κ3) is 8.48. The van der Waals surface area contributed by atoms with Crippen LogP contribution in [-0.2, 0) is 21.3 Å². The summed E-state index contributed by atoms with van der Waals surface area (Å²) in [5.74, 6) is -1.04. The minimum atomic E-state index is -4.49. The third-order valence-corrected chi connectivity index (χ3v) is 6.03. The Morgan fingerprint density at radius 3 is 1.41 bits per heavy atom. The van der Waals surface area contributed by atoms with Crippen LogP contribution in [0.25, 0.3) is 0 Å². The van der Waals surface area contributed by atoms with Crippen molar-refractivity contribution in [3.8, 4) is 0 Å². The number of hydrogen-bond acceptors (Lipinski definition) is 4. The average molecular weight is 446 g/mol. The molecule has 0 amide bonds. The lowest BCUT2D eigenvalue weighted by Gasteiger charge is -2.10. The van der Waals surface area contributed by atoms with Crippen molar-refractivity contribution in [2.75, 3.05) is 0 Å². The van der Waals surface area contributed by atoms with E-state index in [0.717, 1.165) is 12.1 Å². The molecule has 0 bridgehead atoms. The van der Waals surface area contributed by atoms with E-state index < -0.39 is 32.4 Å². The Kier molecular flexibility index (Phi) is 6.80. The first-order valence-electron chi connectivity index (χ1n) is 7.21. The van der Waals surface area contributed by atoms with Crippen LogP contribution in [0.4, 0.5) is 26.3 Å². The number of hydrogen-bond donors (Lipinski definition) is 0. The summed E-state index contributed by atoms with van der Waals surface area (Å²) in [5.41, 5.74) is -8.64. The van der Waals surface area contributed by atoms with E-state index in [4.69, 9.17) is 0 Å². The first-order valence-corrected chi connectivity index (χ1v) is 10.7. The van der Waals surface area contributed by atoms with Crippen molar-refractivity contribution in [3.05, 3.63) is 59.7 Å². The average Bonchev–Trinajstić information content (AvgIpc) is 2.42. The fourth-order valence-corrected chi connectivity index (χ4v) is 4.95. The smallest absolute Gasteiger partial charge is 0.228 e. The van der Waals surface area contributed by atoms with Gasteiger partial charge in [0.25, 0.3) is 0 Å². The van der Waals surface area contributed by atoms with Crippen LogP contribution >= 0.6 is 23.5 Å². The Morgan fingerprint density at radius 1 is 0.704 bits per heavy atom. The molecule has 148 valence electrons. The van der Waals surface area contributed by atoms with E-state index in [9.17, 15) is 34.8 Å². The maximum atomic E-state index is 12.4. The topological polar surface area (TPSA) is 34.1 Å². The van der Waals surface area contributed by atoms with Gasteiger partial charge in [0.1, 0.15) is 0 Å². The molecule has 2 nitrogen and oxygen atoms in total. The summed E-state index contributed by atoms with van der Waals surface area (Å²) < 4.78 is 99.1. The molecule has 2 rings (SSSR count). The quantitative estimate of drug-likeness (QED) is 0.401. The molecule has 2 aromatic carbocycles. The molecule has 0 atom stereocenters. The number of benzene rings is 2. The van der Waals surface area contributed by atoms with Crippen LogP contribution in [0.5, 0.6) is 0 Å². The lowest BCUT2D eigenvalue weighted by Crippen LogP contribution is -2.08. The van der Waals surface area contributed by atoms with E-state index in [0.29, 0.717) is 0 Å². The van der Waals surface area contributed by atoms with Crippen LogP contribution in [0, 0.1) is 0 Å². The van der Waals surface area contributed by atoms with E-state index >= 15 is 0 Å². The standard InChI is InChI=1S/C16H12F6O2S3/c17-15(18,19)25-13-5-1-3-11(7-13)9-27(23,24)10-12-4-2-6-14(8-12)26-16(20,21)22/h1-8H,9-10H2. The van der Waals surface area contributed by atoms with Gasteiger partial charge in [-0.2, -0.15) is 26.3 Å². The molecule has 0 fully saturated rings. The fraction of sp³-hybridized carbons (Fsp3) is 0.250. The molecule has 0 saturated carbocycles. The first-order chi connectivity index (χ1) is 12.3. The van der Waals surface area contributed by atoms with Crippen molar-refractivity contribution in [1.82, 2.24) is 0 Å². The highest BCUT2D eigenvalue weighted by Gasteiger charge is 2.30. The van der Waals surface area contributed by atoms with E-state index in [2.05, 4.69) is 0 Å². The summed E-state index contributed by atoms with van der Waals surface area (Å²) in [7, 11) is -3.79. The van der Waals surface area contributed by atoms with Crippen molar-refractivity contribution < 1.29 is 34.8 Å². The van der Waals surface area contributed by atoms with Gasteiger partial charge in [0.05, 0.1) is 11.5 Å².